The smallest absolute Gasteiger partial charge is 0.306 e. The maximum Gasteiger partial charge on any atom is 0.306 e. The number of hydrogen-bond acceptors (Lipinski definition) is 3. The lowest BCUT2D eigenvalue weighted by Crippen LogP contribution is -2.46. The summed E-state index contributed by atoms with van der Waals surface area (Å²) in [4.78, 5) is 24.5. The molecule has 0 aliphatic carbocycles. The average molecular weight is 449 g/mol. The van der Waals surface area contributed by atoms with E-state index in [1.165, 1.54) is 0 Å². The Bertz CT molecular complexity index is 1060. The van der Waals surface area contributed by atoms with Crippen LogP contribution in [0.4, 0.5) is 0 Å². The van der Waals surface area contributed by atoms with Gasteiger partial charge < -0.3 is 20.1 Å². The number of hydrogen-bond donors (Lipinski definition) is 3. The number of carbonyl (C=O) groups excluding carboxylic acids is 1. The fourth-order valence-electron chi connectivity index (χ4n) is 3.93. The molecule has 3 N–H and O–H groups in total. The Balaban J connectivity index is 1.80. The fourth-order valence-corrected chi connectivity index (χ4v) is 3.93. The van der Waals surface area contributed by atoms with Crippen molar-refractivity contribution in [3.63, 3.8) is 0 Å². The number of nitrogens with one attached hydrogen (secondary N) is 1. The number of carbonyl (C=O) groups is 2. The summed E-state index contributed by atoms with van der Waals surface area (Å²) in [6.45, 7) is 5.65. The van der Waals surface area contributed by atoms with Crippen molar-refractivity contribution in [3.8, 4) is 22.3 Å². The molecule has 0 aliphatic rings. The van der Waals surface area contributed by atoms with Crippen LogP contribution in [0.5, 0.6) is 0 Å². The Morgan fingerprint density at radius 3 is 2.00 bits per heavy atom. The molecule has 0 bridgehead atoms. The zero-order chi connectivity index (χ0) is 24.0. The number of aromatic nitrogens is 1. The number of aliphatic carboxylic acids is 1. The van der Waals surface area contributed by atoms with Gasteiger partial charge in [-0.25, -0.2) is 0 Å². The van der Waals surface area contributed by atoms with Crippen molar-refractivity contribution in [1.82, 2.24) is 9.88 Å². The van der Waals surface area contributed by atoms with Crippen LogP contribution < -0.4 is 5.32 Å². The van der Waals surface area contributed by atoms with Crippen molar-refractivity contribution in [2.24, 2.45) is 5.92 Å². The largest absolute Gasteiger partial charge is 0.481 e. The van der Waals surface area contributed by atoms with Crippen molar-refractivity contribution in [2.45, 2.75) is 51.8 Å². The van der Waals surface area contributed by atoms with Crippen LogP contribution in [-0.4, -0.2) is 38.8 Å². The first-order valence-electron chi connectivity index (χ1n) is 11.3. The van der Waals surface area contributed by atoms with E-state index in [1.807, 2.05) is 62.4 Å². The van der Waals surface area contributed by atoms with Gasteiger partial charge in [0.15, 0.2) is 0 Å². The molecule has 6 nitrogen and oxygen atoms in total. The third kappa shape index (κ3) is 6.56. The van der Waals surface area contributed by atoms with E-state index in [0.29, 0.717) is 6.42 Å². The Kier molecular flexibility index (Phi) is 8.06. The molecule has 3 aromatic rings. The van der Waals surface area contributed by atoms with Gasteiger partial charge in [0.25, 0.3) is 0 Å². The number of amides is 1. The first-order valence-corrected chi connectivity index (χ1v) is 11.3. The normalized spacial score (nSPS) is 14.0. The molecule has 0 radical (unpaired) electrons. The predicted molar refractivity (Wildman–Crippen MR) is 130 cm³/mol. The van der Waals surface area contributed by atoms with E-state index in [-0.39, 0.29) is 12.3 Å². The Labute approximate surface area is 194 Å². The molecule has 0 saturated heterocycles. The predicted octanol–water partition coefficient (Wildman–Crippen LogP) is 4.75. The summed E-state index contributed by atoms with van der Waals surface area (Å²) in [5, 5.41) is 22.3. The lowest BCUT2D eigenvalue weighted by atomic mass is 9.99. The van der Waals surface area contributed by atoms with Gasteiger partial charge in [0.05, 0.1) is 18.6 Å². The van der Waals surface area contributed by atoms with E-state index in [0.717, 1.165) is 22.3 Å². The number of aliphatic hydroxyl groups excluding tert-OH is 1. The third-order valence-corrected chi connectivity index (χ3v) is 5.71. The zero-order valence-corrected chi connectivity index (χ0v) is 19.3. The molecule has 0 fully saturated rings. The summed E-state index contributed by atoms with van der Waals surface area (Å²) in [5.74, 6) is -1.19. The first-order chi connectivity index (χ1) is 15.7. The number of carboxylic acid groups (broad SMARTS) is 1. The van der Waals surface area contributed by atoms with Crippen LogP contribution in [0, 0.1) is 5.92 Å². The van der Waals surface area contributed by atoms with Gasteiger partial charge in [-0.1, -0.05) is 68.4 Å². The minimum atomic E-state index is -1.06. The van der Waals surface area contributed by atoms with Gasteiger partial charge in [0.2, 0.25) is 5.91 Å². The molecular weight excluding hydrogens is 416 g/mol. The minimum Gasteiger partial charge on any atom is -0.481 e. The fraction of sp³-hybridized carbons (Fsp3) is 0.333. The van der Waals surface area contributed by atoms with Crippen molar-refractivity contribution < 1.29 is 19.8 Å². The van der Waals surface area contributed by atoms with Gasteiger partial charge in [0, 0.05) is 12.4 Å². The van der Waals surface area contributed by atoms with Crippen LogP contribution in [0.3, 0.4) is 0 Å². The van der Waals surface area contributed by atoms with Gasteiger partial charge in [-0.05, 0) is 47.6 Å². The van der Waals surface area contributed by atoms with E-state index >= 15 is 0 Å². The van der Waals surface area contributed by atoms with Crippen LogP contribution in [0.15, 0.2) is 73.1 Å². The maximum absolute atomic E-state index is 13.0. The van der Waals surface area contributed by atoms with E-state index in [2.05, 4.69) is 17.4 Å². The second kappa shape index (κ2) is 11.0. The molecule has 3 atom stereocenters. The molecule has 0 saturated carbocycles. The molecule has 3 rings (SSSR count). The van der Waals surface area contributed by atoms with Gasteiger partial charge in [-0.2, -0.15) is 0 Å². The molecule has 1 heterocycles. The van der Waals surface area contributed by atoms with Gasteiger partial charge in [-0.3, -0.25) is 9.59 Å². The SMILES string of the molecule is CC(C)C[C@H](NC(=O)[C@@H](CC(=O)O)n1ccc(-c2ccc(-c3ccccc3)cc2)c1)[C@H](C)O. The number of nitrogens with zero attached hydrogens (tertiary/aromatic N) is 1. The van der Waals surface area contributed by atoms with Crippen molar-refractivity contribution in [1.29, 1.82) is 0 Å². The molecule has 0 aliphatic heterocycles. The van der Waals surface area contributed by atoms with Gasteiger partial charge in [-0.15, -0.1) is 0 Å². The van der Waals surface area contributed by atoms with E-state index in [9.17, 15) is 19.8 Å². The molecular formula is C27H32N2O4. The number of benzene rings is 2. The number of aliphatic hydroxyl groups is 1. The highest BCUT2D eigenvalue weighted by molar-refractivity contribution is 5.85. The van der Waals surface area contributed by atoms with Crippen LogP contribution in [0.2, 0.25) is 0 Å². The summed E-state index contributed by atoms with van der Waals surface area (Å²) >= 11 is 0. The van der Waals surface area contributed by atoms with Crippen LogP contribution >= 0.6 is 0 Å². The zero-order valence-electron chi connectivity index (χ0n) is 19.3. The van der Waals surface area contributed by atoms with Crippen LogP contribution in [-0.2, 0) is 9.59 Å². The molecule has 1 aromatic heterocycles. The number of carboxylic acids is 1. The Hall–Kier alpha value is -3.38. The third-order valence-electron chi connectivity index (χ3n) is 5.71. The van der Waals surface area contributed by atoms with Crippen LogP contribution in [0.1, 0.15) is 39.7 Å². The summed E-state index contributed by atoms with van der Waals surface area (Å²) < 4.78 is 1.64. The van der Waals surface area contributed by atoms with Crippen LogP contribution in [0.25, 0.3) is 22.3 Å². The number of rotatable bonds is 10. The standard InChI is InChI=1S/C27H32N2O4/c1-18(2)15-24(19(3)30)28-27(33)25(16-26(31)32)29-14-13-23(17-29)22-11-9-21(10-12-22)20-7-5-4-6-8-20/h4-14,17-19,24-25,30H,15-16H2,1-3H3,(H,28,33)(H,31,32)/t19-,24-,25+/m0/s1. The molecule has 6 heteroatoms. The van der Waals surface area contributed by atoms with E-state index in [1.54, 1.807) is 23.9 Å². The Morgan fingerprint density at radius 1 is 0.879 bits per heavy atom. The van der Waals surface area contributed by atoms with Crippen molar-refractivity contribution in [2.75, 3.05) is 0 Å². The first kappa shape index (κ1) is 24.3. The maximum atomic E-state index is 13.0. The molecule has 174 valence electrons. The minimum absolute atomic E-state index is 0.278. The molecule has 2 aromatic carbocycles. The lowest BCUT2D eigenvalue weighted by molar-refractivity contribution is -0.141. The summed E-state index contributed by atoms with van der Waals surface area (Å²) in [5.41, 5.74) is 4.11. The average Bonchev–Trinajstić information content (AvgIpc) is 3.27. The van der Waals surface area contributed by atoms with Gasteiger partial charge >= 0.3 is 5.97 Å². The topological polar surface area (TPSA) is 91.6 Å². The van der Waals surface area contributed by atoms with Gasteiger partial charge in [0.1, 0.15) is 6.04 Å². The second-order valence-corrected chi connectivity index (χ2v) is 8.89. The second-order valence-electron chi connectivity index (χ2n) is 8.89. The summed E-state index contributed by atoms with van der Waals surface area (Å²) in [7, 11) is 0. The monoisotopic (exact) mass is 448 g/mol. The van der Waals surface area contributed by atoms with Crippen molar-refractivity contribution in [3.05, 3.63) is 73.1 Å². The van der Waals surface area contributed by atoms with Crippen molar-refractivity contribution >= 4 is 11.9 Å². The molecule has 0 spiro atoms. The summed E-state index contributed by atoms with van der Waals surface area (Å²) in [6.07, 6.45) is 3.05. The highest BCUT2D eigenvalue weighted by atomic mass is 16.4. The Morgan fingerprint density at radius 2 is 1.45 bits per heavy atom. The quantitative estimate of drug-likeness (QED) is 0.417. The molecule has 1 amide bonds. The van der Waals surface area contributed by atoms with E-state index < -0.39 is 30.1 Å². The molecule has 0 unspecified atom stereocenters. The highest BCUT2D eigenvalue weighted by Gasteiger charge is 2.27. The lowest BCUT2D eigenvalue weighted by Gasteiger charge is -2.26. The highest BCUT2D eigenvalue weighted by Crippen LogP contribution is 2.27. The molecule has 33 heavy (non-hydrogen) atoms. The van der Waals surface area contributed by atoms with E-state index in [4.69, 9.17) is 0 Å². The summed E-state index contributed by atoms with van der Waals surface area (Å²) in [6, 6.07) is 18.7.